The van der Waals surface area contributed by atoms with Gasteiger partial charge in [0.1, 0.15) is 0 Å². The number of fused-ring (bicyclic) bond motifs is 3. The molecule has 0 aliphatic heterocycles. The Labute approximate surface area is 77.2 Å². The highest BCUT2D eigenvalue weighted by molar-refractivity contribution is 5.69. The molecule has 0 bridgehead atoms. The SMILES string of the molecule is C1=c2cccc3cccc-3c2=CC1. The Balaban J connectivity index is 2.60. The molecule has 0 aromatic rings. The van der Waals surface area contributed by atoms with E-state index in [-0.39, 0.29) is 0 Å². The first kappa shape index (κ1) is 6.90. The molecule has 13 heavy (non-hydrogen) atoms. The van der Waals surface area contributed by atoms with Gasteiger partial charge in [0.15, 0.2) is 0 Å². The molecular weight excluding hydrogens is 156 g/mol. The molecule has 3 aliphatic carbocycles. The summed E-state index contributed by atoms with van der Waals surface area (Å²) in [7, 11) is 0. The van der Waals surface area contributed by atoms with Gasteiger partial charge in [0.2, 0.25) is 0 Å². The molecule has 3 aliphatic rings. The van der Waals surface area contributed by atoms with E-state index in [0.29, 0.717) is 0 Å². The Bertz CT molecular complexity index is 535. The van der Waals surface area contributed by atoms with Crippen molar-refractivity contribution in [1.29, 1.82) is 0 Å². The first-order chi connectivity index (χ1) is 6.45. The lowest BCUT2D eigenvalue weighted by atomic mass is 10.1. The van der Waals surface area contributed by atoms with Crippen molar-refractivity contribution in [1.82, 2.24) is 0 Å². The van der Waals surface area contributed by atoms with Crippen LogP contribution in [0.5, 0.6) is 0 Å². The van der Waals surface area contributed by atoms with Crippen LogP contribution in [-0.4, -0.2) is 0 Å². The largest absolute Gasteiger partial charge is 0.0728 e. The molecule has 0 heteroatoms. The van der Waals surface area contributed by atoms with Crippen molar-refractivity contribution in [3.63, 3.8) is 0 Å². The van der Waals surface area contributed by atoms with Gasteiger partial charge >= 0.3 is 0 Å². The van der Waals surface area contributed by atoms with Crippen LogP contribution in [0.4, 0.5) is 0 Å². The third-order valence-corrected chi connectivity index (χ3v) is 2.66. The second-order valence-electron chi connectivity index (χ2n) is 3.43. The Morgan fingerprint density at radius 3 is 2.62 bits per heavy atom. The molecular formula is C13H10. The van der Waals surface area contributed by atoms with Crippen LogP contribution in [0, 0.1) is 0 Å². The zero-order valence-corrected chi connectivity index (χ0v) is 7.33. The Hall–Kier alpha value is -1.56. The topological polar surface area (TPSA) is 0 Å². The fourth-order valence-electron chi connectivity index (χ4n) is 2.03. The molecule has 0 radical (unpaired) electrons. The standard InChI is InChI=1S/C13H10/c1-4-10-6-2-8-12(10)13-9-3-7-11(13)5-1/h1-2,4-9H,3H2. The summed E-state index contributed by atoms with van der Waals surface area (Å²) in [5, 5.41) is 2.78. The van der Waals surface area contributed by atoms with Gasteiger partial charge in [-0.25, -0.2) is 0 Å². The van der Waals surface area contributed by atoms with Crippen molar-refractivity contribution in [3.05, 3.63) is 46.8 Å². The molecule has 62 valence electrons. The first-order valence-electron chi connectivity index (χ1n) is 4.63. The summed E-state index contributed by atoms with van der Waals surface area (Å²) in [5.41, 5.74) is 2.72. The quantitative estimate of drug-likeness (QED) is 0.559. The molecule has 0 saturated carbocycles. The minimum absolute atomic E-state index is 1.08. The molecule has 0 spiro atoms. The van der Waals surface area contributed by atoms with Gasteiger partial charge in [0.25, 0.3) is 0 Å². The second-order valence-corrected chi connectivity index (χ2v) is 3.43. The van der Waals surface area contributed by atoms with E-state index in [2.05, 4.69) is 48.6 Å². The zero-order valence-electron chi connectivity index (χ0n) is 7.33. The monoisotopic (exact) mass is 166 g/mol. The summed E-state index contributed by atoms with van der Waals surface area (Å²) in [6.45, 7) is 0. The highest BCUT2D eigenvalue weighted by atomic mass is 14.1. The molecule has 0 amide bonds. The normalized spacial score (nSPS) is 13.5. The number of rotatable bonds is 0. The van der Waals surface area contributed by atoms with E-state index in [1.807, 2.05) is 0 Å². The van der Waals surface area contributed by atoms with Crippen molar-refractivity contribution in [3.8, 4) is 11.1 Å². The fraction of sp³-hybridized carbons (Fsp3) is 0.0769. The van der Waals surface area contributed by atoms with E-state index in [4.69, 9.17) is 0 Å². The van der Waals surface area contributed by atoms with Gasteiger partial charge < -0.3 is 0 Å². The third-order valence-electron chi connectivity index (χ3n) is 2.66. The molecule has 0 N–H and O–H groups in total. The van der Waals surface area contributed by atoms with Crippen molar-refractivity contribution >= 4 is 12.2 Å². The van der Waals surface area contributed by atoms with Gasteiger partial charge in [0.05, 0.1) is 0 Å². The predicted octanol–water partition coefficient (Wildman–Crippen LogP) is 1.76. The number of hydrogen-bond acceptors (Lipinski definition) is 0. The van der Waals surface area contributed by atoms with E-state index in [1.165, 1.54) is 21.6 Å². The lowest BCUT2D eigenvalue weighted by Crippen LogP contribution is -2.20. The van der Waals surface area contributed by atoms with Crippen LogP contribution in [0.25, 0.3) is 23.3 Å². The summed E-state index contributed by atoms with van der Waals surface area (Å²) in [5.74, 6) is 0. The van der Waals surface area contributed by atoms with Crippen molar-refractivity contribution in [2.75, 3.05) is 0 Å². The zero-order chi connectivity index (χ0) is 8.67. The molecule has 0 aromatic carbocycles. The van der Waals surface area contributed by atoms with Crippen molar-refractivity contribution in [2.24, 2.45) is 0 Å². The van der Waals surface area contributed by atoms with E-state index in [0.717, 1.165) is 6.42 Å². The van der Waals surface area contributed by atoms with Gasteiger partial charge in [-0.15, -0.1) is 0 Å². The van der Waals surface area contributed by atoms with Crippen LogP contribution in [-0.2, 0) is 0 Å². The minimum Gasteiger partial charge on any atom is -0.0728 e. The van der Waals surface area contributed by atoms with Crippen LogP contribution in [0.3, 0.4) is 0 Å². The average molecular weight is 166 g/mol. The molecule has 3 rings (SSSR count). The lowest BCUT2D eigenvalue weighted by Gasteiger charge is -1.90. The lowest BCUT2D eigenvalue weighted by molar-refractivity contribution is 1.63. The smallest absolute Gasteiger partial charge is 0.0109 e. The van der Waals surface area contributed by atoms with Crippen LogP contribution in [0.15, 0.2) is 36.4 Å². The highest BCUT2D eigenvalue weighted by Crippen LogP contribution is 2.16. The Morgan fingerprint density at radius 1 is 0.846 bits per heavy atom. The summed E-state index contributed by atoms with van der Waals surface area (Å²) >= 11 is 0. The van der Waals surface area contributed by atoms with E-state index in [9.17, 15) is 0 Å². The average Bonchev–Trinajstić information content (AvgIpc) is 2.72. The van der Waals surface area contributed by atoms with Gasteiger partial charge in [-0.1, -0.05) is 48.6 Å². The van der Waals surface area contributed by atoms with Crippen LogP contribution in [0.1, 0.15) is 6.42 Å². The van der Waals surface area contributed by atoms with E-state index in [1.54, 1.807) is 0 Å². The van der Waals surface area contributed by atoms with E-state index >= 15 is 0 Å². The van der Waals surface area contributed by atoms with Gasteiger partial charge in [-0.2, -0.15) is 0 Å². The third kappa shape index (κ3) is 0.919. The van der Waals surface area contributed by atoms with Gasteiger partial charge in [-0.05, 0) is 28.0 Å². The van der Waals surface area contributed by atoms with Crippen molar-refractivity contribution < 1.29 is 0 Å². The Morgan fingerprint density at radius 2 is 1.69 bits per heavy atom. The summed E-state index contributed by atoms with van der Waals surface area (Å²) in [4.78, 5) is 0. The highest BCUT2D eigenvalue weighted by Gasteiger charge is 2.03. The fourth-order valence-corrected chi connectivity index (χ4v) is 2.03. The molecule has 0 atom stereocenters. The molecule has 0 aromatic heterocycles. The van der Waals surface area contributed by atoms with E-state index < -0.39 is 0 Å². The molecule has 0 heterocycles. The number of hydrogen-bond donors (Lipinski definition) is 0. The van der Waals surface area contributed by atoms with Crippen LogP contribution in [0.2, 0.25) is 0 Å². The minimum atomic E-state index is 1.08. The maximum absolute atomic E-state index is 2.30. The molecule has 0 unspecified atom stereocenters. The first-order valence-corrected chi connectivity index (χ1v) is 4.63. The van der Waals surface area contributed by atoms with Crippen LogP contribution < -0.4 is 10.4 Å². The molecule has 0 saturated heterocycles. The molecule has 0 nitrogen and oxygen atoms in total. The van der Waals surface area contributed by atoms with Gasteiger partial charge in [0, 0.05) is 0 Å². The second kappa shape index (κ2) is 2.46. The summed E-state index contributed by atoms with van der Waals surface area (Å²) < 4.78 is 0. The maximum atomic E-state index is 2.30. The van der Waals surface area contributed by atoms with Gasteiger partial charge in [-0.3, -0.25) is 0 Å². The van der Waals surface area contributed by atoms with Crippen LogP contribution >= 0.6 is 0 Å². The summed E-state index contributed by atoms with van der Waals surface area (Å²) in [6, 6.07) is 13.0. The Kier molecular flexibility index (Phi) is 1.31. The predicted molar refractivity (Wildman–Crippen MR) is 55.9 cm³/mol. The summed E-state index contributed by atoms with van der Waals surface area (Å²) in [6.07, 6.45) is 5.67. The molecule has 0 fully saturated rings. The van der Waals surface area contributed by atoms with Crippen molar-refractivity contribution in [2.45, 2.75) is 6.42 Å². The maximum Gasteiger partial charge on any atom is -0.0109 e.